The first-order valence-corrected chi connectivity index (χ1v) is 13.1. The molecule has 1 saturated heterocycles. The van der Waals surface area contributed by atoms with Crippen molar-refractivity contribution in [2.45, 2.75) is 17.5 Å². The van der Waals surface area contributed by atoms with E-state index in [1.54, 1.807) is 18.2 Å². The van der Waals surface area contributed by atoms with Gasteiger partial charge in [0.2, 0.25) is 5.91 Å². The molecule has 41 heavy (non-hydrogen) atoms. The van der Waals surface area contributed by atoms with Gasteiger partial charge in [0.05, 0.1) is 16.9 Å². The van der Waals surface area contributed by atoms with Crippen molar-refractivity contribution in [3.63, 3.8) is 0 Å². The SMILES string of the molecule is O=C(c1ccc([N+](=O)[O-])cc1)[C@@H]1[C@@H](C(=O)c2ccncc2)[C@]2(C(=O)Nc3ccccc32)[C@H]2C=Cc3ccccc3N12. The van der Waals surface area contributed by atoms with E-state index in [0.717, 1.165) is 11.3 Å². The molecule has 1 N–H and O–H groups in total. The van der Waals surface area contributed by atoms with Crippen molar-refractivity contribution < 1.29 is 19.3 Å². The molecule has 9 nitrogen and oxygen atoms in total. The van der Waals surface area contributed by atoms with E-state index < -0.39 is 34.1 Å². The topological polar surface area (TPSA) is 123 Å². The van der Waals surface area contributed by atoms with Crippen LogP contribution in [0.15, 0.2) is 103 Å². The molecular weight excluding hydrogens is 520 g/mol. The van der Waals surface area contributed by atoms with Gasteiger partial charge in [0, 0.05) is 47.0 Å². The average molecular weight is 543 g/mol. The fraction of sp³-hybridized carbons (Fsp3) is 0.125. The maximum absolute atomic E-state index is 14.6. The second kappa shape index (κ2) is 9.06. The maximum Gasteiger partial charge on any atom is 0.269 e. The number of nitro benzene ring substituents is 1. The average Bonchev–Trinajstić information content (AvgIpc) is 3.49. The number of hydrogen-bond donors (Lipinski definition) is 1. The summed E-state index contributed by atoms with van der Waals surface area (Å²) < 4.78 is 0. The minimum Gasteiger partial charge on any atom is -0.352 e. The molecule has 3 aliphatic rings. The molecule has 0 saturated carbocycles. The highest BCUT2D eigenvalue weighted by molar-refractivity contribution is 6.18. The summed E-state index contributed by atoms with van der Waals surface area (Å²) in [6.45, 7) is 0. The number of anilines is 2. The van der Waals surface area contributed by atoms with Crippen molar-refractivity contribution in [2.75, 3.05) is 10.2 Å². The van der Waals surface area contributed by atoms with Crippen LogP contribution in [0.25, 0.3) is 6.08 Å². The second-order valence-corrected chi connectivity index (χ2v) is 10.3. The first-order chi connectivity index (χ1) is 19.9. The zero-order valence-electron chi connectivity index (χ0n) is 21.5. The summed E-state index contributed by atoms with van der Waals surface area (Å²) in [4.78, 5) is 60.1. The number of carbonyl (C=O) groups is 3. The van der Waals surface area contributed by atoms with Gasteiger partial charge in [0.1, 0.15) is 11.5 Å². The molecule has 0 radical (unpaired) electrons. The third-order valence-corrected chi connectivity index (χ3v) is 8.42. The van der Waals surface area contributed by atoms with Crippen LogP contribution in [0.3, 0.4) is 0 Å². The van der Waals surface area contributed by atoms with Crippen LogP contribution in [0.2, 0.25) is 0 Å². The van der Waals surface area contributed by atoms with Crippen molar-refractivity contribution in [1.82, 2.24) is 4.98 Å². The zero-order valence-corrected chi connectivity index (χ0v) is 21.5. The number of Topliss-reactive ketones (excluding diaryl/α,β-unsaturated/α-hetero) is 2. The number of carbonyl (C=O) groups excluding carboxylic acids is 3. The Morgan fingerprint density at radius 1 is 0.878 bits per heavy atom. The monoisotopic (exact) mass is 542 g/mol. The van der Waals surface area contributed by atoms with Crippen LogP contribution in [0, 0.1) is 16.0 Å². The molecule has 200 valence electrons. The molecule has 1 fully saturated rings. The largest absolute Gasteiger partial charge is 0.352 e. The minimum atomic E-state index is -1.43. The second-order valence-electron chi connectivity index (χ2n) is 10.3. The van der Waals surface area contributed by atoms with Crippen molar-refractivity contribution >= 4 is 40.6 Å². The van der Waals surface area contributed by atoms with Gasteiger partial charge in [0.15, 0.2) is 11.6 Å². The molecule has 0 unspecified atom stereocenters. The normalized spacial score (nSPS) is 23.5. The highest BCUT2D eigenvalue weighted by atomic mass is 16.6. The van der Waals surface area contributed by atoms with Crippen molar-refractivity contribution in [1.29, 1.82) is 0 Å². The Morgan fingerprint density at radius 3 is 2.32 bits per heavy atom. The first-order valence-electron chi connectivity index (χ1n) is 13.1. The lowest BCUT2D eigenvalue weighted by Gasteiger charge is -2.37. The van der Waals surface area contributed by atoms with Gasteiger partial charge in [-0.2, -0.15) is 0 Å². The summed E-state index contributed by atoms with van der Waals surface area (Å²) in [6, 6.07) is 21.6. The molecule has 0 bridgehead atoms. The number of benzene rings is 3. The smallest absolute Gasteiger partial charge is 0.269 e. The number of amides is 1. The van der Waals surface area contributed by atoms with Crippen molar-refractivity contribution in [2.24, 2.45) is 5.92 Å². The third kappa shape index (κ3) is 3.42. The van der Waals surface area contributed by atoms with Crippen LogP contribution in [0.1, 0.15) is 31.8 Å². The van der Waals surface area contributed by atoms with Crippen molar-refractivity contribution in [3.8, 4) is 0 Å². The quantitative estimate of drug-likeness (QED) is 0.217. The van der Waals surface area contributed by atoms with E-state index in [4.69, 9.17) is 0 Å². The predicted molar refractivity (Wildman–Crippen MR) is 152 cm³/mol. The van der Waals surface area contributed by atoms with Gasteiger partial charge in [-0.05, 0) is 47.5 Å². The van der Waals surface area contributed by atoms with Crippen LogP contribution in [-0.4, -0.2) is 39.5 Å². The Hall–Kier alpha value is -5.44. The number of hydrogen-bond acceptors (Lipinski definition) is 7. The lowest BCUT2D eigenvalue weighted by molar-refractivity contribution is -0.384. The number of rotatable bonds is 5. The zero-order chi connectivity index (χ0) is 28.3. The standard InChI is InChI=1S/C32H22N4O5/c37-29(21-15-17-33-18-16-21)27-28(30(38)20-9-12-22(13-10-20)36(40)41)35-25-8-4-1-5-19(25)11-14-26(35)32(27)23-6-2-3-7-24(23)34-31(32)39/h1-18,26-28H,(H,34,39)/t26-,27+,28+,32-/m1/s1. The Labute approximate surface area is 234 Å². The molecular formula is C32H22N4O5. The molecule has 3 aliphatic heterocycles. The highest BCUT2D eigenvalue weighted by Crippen LogP contribution is 2.58. The van der Waals surface area contributed by atoms with Gasteiger partial charge >= 0.3 is 0 Å². The first kappa shape index (κ1) is 24.6. The third-order valence-electron chi connectivity index (χ3n) is 8.42. The predicted octanol–water partition coefficient (Wildman–Crippen LogP) is 4.85. The number of fused-ring (bicyclic) bond motifs is 6. The van der Waals surface area contributed by atoms with Gasteiger partial charge in [-0.1, -0.05) is 48.6 Å². The number of nitro groups is 1. The van der Waals surface area contributed by atoms with Gasteiger partial charge < -0.3 is 10.2 Å². The molecule has 1 aromatic heterocycles. The fourth-order valence-electron chi connectivity index (χ4n) is 6.73. The number of non-ortho nitro benzene ring substituents is 1. The van der Waals surface area contributed by atoms with Gasteiger partial charge in [-0.3, -0.25) is 29.5 Å². The number of pyridine rings is 1. The molecule has 4 heterocycles. The Bertz CT molecular complexity index is 1790. The molecule has 1 amide bonds. The van der Waals surface area contributed by atoms with Crippen LogP contribution in [-0.2, 0) is 10.2 Å². The number of nitrogens with zero attached hydrogens (tertiary/aromatic N) is 3. The summed E-state index contributed by atoms with van der Waals surface area (Å²) in [5.74, 6) is -2.25. The summed E-state index contributed by atoms with van der Waals surface area (Å²) >= 11 is 0. The lowest BCUT2D eigenvalue weighted by atomic mass is 9.64. The number of para-hydroxylation sites is 2. The van der Waals surface area contributed by atoms with E-state index in [1.807, 2.05) is 59.5 Å². The van der Waals surface area contributed by atoms with Crippen LogP contribution >= 0.6 is 0 Å². The Balaban J connectivity index is 1.51. The minimum absolute atomic E-state index is 0.151. The van der Waals surface area contributed by atoms with E-state index in [2.05, 4.69) is 10.3 Å². The summed E-state index contributed by atoms with van der Waals surface area (Å²) in [5, 5.41) is 14.3. The van der Waals surface area contributed by atoms with Gasteiger partial charge in [-0.25, -0.2) is 0 Å². The van der Waals surface area contributed by atoms with Crippen LogP contribution in [0.4, 0.5) is 17.1 Å². The Kier molecular flexibility index (Phi) is 5.43. The van der Waals surface area contributed by atoms with E-state index in [-0.39, 0.29) is 22.9 Å². The van der Waals surface area contributed by atoms with Gasteiger partial charge in [0.25, 0.3) is 5.69 Å². The molecule has 7 rings (SSSR count). The van der Waals surface area contributed by atoms with Crippen LogP contribution < -0.4 is 10.2 Å². The molecule has 3 aromatic carbocycles. The molecule has 4 atom stereocenters. The lowest BCUT2D eigenvalue weighted by Crippen LogP contribution is -2.51. The molecule has 0 aliphatic carbocycles. The van der Waals surface area contributed by atoms with E-state index >= 15 is 0 Å². The fourth-order valence-corrected chi connectivity index (χ4v) is 6.73. The molecule has 1 spiro atoms. The van der Waals surface area contributed by atoms with Crippen LogP contribution in [0.5, 0.6) is 0 Å². The number of aromatic nitrogens is 1. The summed E-state index contributed by atoms with van der Waals surface area (Å²) in [6.07, 6.45) is 6.85. The summed E-state index contributed by atoms with van der Waals surface area (Å²) in [5.41, 5.74) is 1.79. The Morgan fingerprint density at radius 2 is 1.56 bits per heavy atom. The van der Waals surface area contributed by atoms with E-state index in [0.29, 0.717) is 16.8 Å². The maximum atomic E-state index is 14.6. The number of nitrogens with one attached hydrogen (secondary N) is 1. The van der Waals surface area contributed by atoms with Gasteiger partial charge in [-0.15, -0.1) is 0 Å². The van der Waals surface area contributed by atoms with Crippen molar-refractivity contribution in [3.05, 3.63) is 136 Å². The van der Waals surface area contributed by atoms with E-state index in [1.165, 1.54) is 36.7 Å². The van der Waals surface area contributed by atoms with E-state index in [9.17, 15) is 24.5 Å². The molecule has 9 heteroatoms. The summed E-state index contributed by atoms with van der Waals surface area (Å²) in [7, 11) is 0. The number of ketones is 2. The molecule has 4 aromatic rings. The highest BCUT2D eigenvalue weighted by Gasteiger charge is 2.70.